The molecule has 2 heterocycles. The maximum Gasteiger partial charge on any atom is 0.343 e. The number of H-pyrrole nitrogens is 1. The van der Waals surface area contributed by atoms with Gasteiger partial charge in [0.25, 0.3) is 0 Å². The second-order valence-corrected chi connectivity index (χ2v) is 6.97. The molecule has 1 atom stereocenters. The van der Waals surface area contributed by atoms with Crippen LogP contribution in [-0.4, -0.2) is 32.5 Å². The van der Waals surface area contributed by atoms with Gasteiger partial charge in [0.15, 0.2) is 5.16 Å². The zero-order chi connectivity index (χ0) is 17.1. The van der Waals surface area contributed by atoms with E-state index in [4.69, 9.17) is 0 Å². The molecule has 0 saturated carbocycles. The van der Waals surface area contributed by atoms with E-state index in [9.17, 15) is 9.59 Å². The third kappa shape index (κ3) is 3.26. The van der Waals surface area contributed by atoms with E-state index in [1.165, 1.54) is 17.3 Å². The number of hydrogen-bond donors (Lipinski definition) is 1. The molecule has 0 aliphatic carbocycles. The molecule has 1 N–H and O–H groups in total. The minimum absolute atomic E-state index is 0.0538. The average molecular weight is 346 g/mol. The number of carbonyl (C=O) groups is 1. The summed E-state index contributed by atoms with van der Waals surface area (Å²) in [6.07, 6.45) is 2.82. The van der Waals surface area contributed by atoms with E-state index < -0.39 is 0 Å². The summed E-state index contributed by atoms with van der Waals surface area (Å²) >= 11 is 1.32. The zero-order valence-corrected chi connectivity index (χ0v) is 14.8. The number of nitrogens with one attached hydrogen (secondary N) is 1. The monoisotopic (exact) mass is 346 g/mol. The van der Waals surface area contributed by atoms with Crippen LogP contribution in [0.4, 0.5) is 5.69 Å². The second kappa shape index (κ2) is 7.25. The molecule has 0 unspecified atom stereocenters. The number of amides is 1. The van der Waals surface area contributed by atoms with Crippen molar-refractivity contribution in [2.24, 2.45) is 0 Å². The number of fused-ring (bicyclic) bond motifs is 1. The van der Waals surface area contributed by atoms with E-state index in [2.05, 4.69) is 23.2 Å². The van der Waals surface area contributed by atoms with Crippen LogP contribution in [0.5, 0.6) is 0 Å². The van der Waals surface area contributed by atoms with Gasteiger partial charge in [-0.3, -0.25) is 9.36 Å². The summed E-state index contributed by atoms with van der Waals surface area (Å²) in [7, 11) is 0. The van der Waals surface area contributed by atoms with Gasteiger partial charge in [-0.1, -0.05) is 36.9 Å². The number of aromatic amines is 1. The highest BCUT2D eigenvalue weighted by Gasteiger charge is 2.28. The molecule has 128 valence electrons. The molecule has 1 amide bonds. The van der Waals surface area contributed by atoms with Crippen LogP contribution in [0.3, 0.4) is 0 Å². The summed E-state index contributed by atoms with van der Waals surface area (Å²) in [4.78, 5) is 26.4. The average Bonchev–Trinajstić information content (AvgIpc) is 2.93. The largest absolute Gasteiger partial charge is 0.343 e. The molecule has 0 saturated heterocycles. The molecule has 3 rings (SSSR count). The quantitative estimate of drug-likeness (QED) is 0.844. The van der Waals surface area contributed by atoms with Crippen LogP contribution in [0.25, 0.3) is 0 Å². The third-order valence-electron chi connectivity index (χ3n) is 4.29. The van der Waals surface area contributed by atoms with Crippen molar-refractivity contribution in [2.75, 3.05) is 10.7 Å². The maximum atomic E-state index is 12.8. The van der Waals surface area contributed by atoms with Crippen molar-refractivity contribution in [1.29, 1.82) is 0 Å². The Morgan fingerprint density at radius 2 is 2.21 bits per heavy atom. The highest BCUT2D eigenvalue weighted by molar-refractivity contribution is 7.99. The molecule has 0 bridgehead atoms. The Kier molecular flexibility index (Phi) is 5.08. The van der Waals surface area contributed by atoms with E-state index in [0.717, 1.165) is 24.9 Å². The van der Waals surface area contributed by atoms with Gasteiger partial charge in [0.05, 0.1) is 5.75 Å². The van der Waals surface area contributed by atoms with Crippen LogP contribution >= 0.6 is 11.8 Å². The number of hydrogen-bond acceptors (Lipinski definition) is 4. The van der Waals surface area contributed by atoms with Gasteiger partial charge in [-0.2, -0.15) is 0 Å². The Morgan fingerprint density at radius 1 is 1.42 bits per heavy atom. The summed E-state index contributed by atoms with van der Waals surface area (Å²) in [5.74, 6) is 0.324. The summed E-state index contributed by atoms with van der Waals surface area (Å²) < 4.78 is 1.59. The van der Waals surface area contributed by atoms with Gasteiger partial charge in [0.2, 0.25) is 5.91 Å². The van der Waals surface area contributed by atoms with Gasteiger partial charge in [-0.05, 0) is 37.8 Å². The predicted octanol–water partition coefficient (Wildman–Crippen LogP) is 2.44. The van der Waals surface area contributed by atoms with E-state index in [0.29, 0.717) is 11.7 Å². The first-order valence-electron chi connectivity index (χ1n) is 8.29. The van der Waals surface area contributed by atoms with Gasteiger partial charge in [-0.25, -0.2) is 9.89 Å². The van der Waals surface area contributed by atoms with Gasteiger partial charge in [-0.15, -0.1) is 5.10 Å². The van der Waals surface area contributed by atoms with Crippen LogP contribution < -0.4 is 10.6 Å². The fourth-order valence-corrected chi connectivity index (χ4v) is 3.93. The molecule has 0 spiro atoms. The second-order valence-electron chi connectivity index (χ2n) is 6.03. The van der Waals surface area contributed by atoms with Crippen LogP contribution in [0.1, 0.15) is 32.3 Å². The Bertz CT molecular complexity index is 783. The van der Waals surface area contributed by atoms with Gasteiger partial charge >= 0.3 is 5.69 Å². The summed E-state index contributed by atoms with van der Waals surface area (Å²) in [5, 5.41) is 7.07. The number of carbonyl (C=O) groups excluding carboxylic acids is 1. The van der Waals surface area contributed by atoms with Crippen LogP contribution in [0, 0.1) is 0 Å². The lowest BCUT2D eigenvalue weighted by molar-refractivity contribution is -0.116. The Balaban J connectivity index is 1.75. The molecule has 7 heteroatoms. The number of aromatic nitrogens is 3. The van der Waals surface area contributed by atoms with Crippen molar-refractivity contribution in [2.45, 2.75) is 50.9 Å². The molecule has 0 fully saturated rings. The first-order chi connectivity index (χ1) is 11.6. The highest BCUT2D eigenvalue weighted by Crippen LogP contribution is 2.31. The molecule has 6 nitrogen and oxygen atoms in total. The molecule has 1 aliphatic rings. The van der Waals surface area contributed by atoms with Crippen LogP contribution in [0.2, 0.25) is 0 Å². The lowest BCUT2D eigenvalue weighted by atomic mass is 9.97. The lowest BCUT2D eigenvalue weighted by Gasteiger charge is -2.35. The smallest absolute Gasteiger partial charge is 0.309 e. The molecule has 24 heavy (non-hydrogen) atoms. The third-order valence-corrected chi connectivity index (χ3v) is 5.25. The van der Waals surface area contributed by atoms with E-state index in [1.54, 1.807) is 4.57 Å². The van der Waals surface area contributed by atoms with Gasteiger partial charge in [0.1, 0.15) is 0 Å². The summed E-state index contributed by atoms with van der Waals surface area (Å²) in [6, 6.07) is 8.26. The number of nitrogens with zero attached hydrogens (tertiary/aromatic N) is 3. The Labute approximate surface area is 145 Å². The van der Waals surface area contributed by atoms with Gasteiger partial charge < -0.3 is 4.90 Å². The number of aryl methyl sites for hydroxylation is 1. The number of anilines is 1. The molecule has 1 aromatic heterocycles. The van der Waals surface area contributed by atoms with Crippen molar-refractivity contribution in [1.82, 2.24) is 14.8 Å². The first-order valence-corrected chi connectivity index (χ1v) is 9.28. The summed E-state index contributed by atoms with van der Waals surface area (Å²) in [5.41, 5.74) is 2.01. The molecule has 1 aliphatic heterocycles. The number of rotatable bonds is 5. The fraction of sp³-hybridized carbons (Fsp3) is 0.471. The zero-order valence-electron chi connectivity index (χ0n) is 14.0. The van der Waals surface area contributed by atoms with Crippen molar-refractivity contribution in [3.63, 3.8) is 0 Å². The minimum Gasteiger partial charge on any atom is -0.309 e. The standard InChI is InChI=1S/C17H22N4O2S/c1-3-10-20-16(23)18-19-17(20)24-11-15(22)21-12(2)8-9-13-6-4-5-7-14(13)21/h4-7,12H,3,8-11H2,1-2H3,(H,18,23)/t12-/m1/s1. The molecular formula is C17H22N4O2S. The SMILES string of the molecule is CCCn1c(SCC(=O)N2c3ccccc3CC[C@H]2C)n[nH]c1=O. The lowest BCUT2D eigenvalue weighted by Crippen LogP contribution is -2.43. The first kappa shape index (κ1) is 16.8. The van der Waals surface area contributed by atoms with Crippen molar-refractivity contribution >= 4 is 23.4 Å². The number of benzene rings is 1. The molecule has 1 aromatic carbocycles. The maximum absolute atomic E-state index is 12.8. The normalized spacial score (nSPS) is 16.9. The van der Waals surface area contributed by atoms with Crippen molar-refractivity contribution in [3.8, 4) is 0 Å². The Morgan fingerprint density at radius 3 is 3.00 bits per heavy atom. The minimum atomic E-state index is -0.219. The summed E-state index contributed by atoms with van der Waals surface area (Å²) in [6.45, 7) is 4.69. The molecule has 2 aromatic rings. The topological polar surface area (TPSA) is 71.0 Å². The van der Waals surface area contributed by atoms with Crippen LogP contribution in [0.15, 0.2) is 34.2 Å². The van der Waals surface area contributed by atoms with E-state index in [1.807, 2.05) is 30.0 Å². The number of para-hydroxylation sites is 1. The van der Waals surface area contributed by atoms with E-state index in [-0.39, 0.29) is 23.4 Å². The number of thioether (sulfide) groups is 1. The molecular weight excluding hydrogens is 324 g/mol. The van der Waals surface area contributed by atoms with Crippen molar-refractivity contribution < 1.29 is 4.79 Å². The predicted molar refractivity (Wildman–Crippen MR) is 95.6 cm³/mol. The fourth-order valence-electron chi connectivity index (χ4n) is 3.10. The Hall–Kier alpha value is -2.02. The van der Waals surface area contributed by atoms with Crippen LogP contribution in [-0.2, 0) is 17.8 Å². The van der Waals surface area contributed by atoms with Crippen molar-refractivity contribution in [3.05, 3.63) is 40.3 Å². The van der Waals surface area contributed by atoms with Gasteiger partial charge in [0, 0.05) is 18.3 Å². The highest BCUT2D eigenvalue weighted by atomic mass is 32.2. The molecule has 0 radical (unpaired) electrons. The van der Waals surface area contributed by atoms with E-state index >= 15 is 0 Å².